The molecule has 0 spiro atoms. The maximum absolute atomic E-state index is 5.31. The van der Waals surface area contributed by atoms with Crippen molar-refractivity contribution in [1.82, 2.24) is 4.90 Å². The molecule has 2 nitrogen and oxygen atoms in total. The summed E-state index contributed by atoms with van der Waals surface area (Å²) < 4.78 is 5.31. The molecular weight excluding hydrogens is 186 g/mol. The predicted molar refractivity (Wildman–Crippen MR) is 64.6 cm³/mol. The molecule has 0 saturated heterocycles. The van der Waals surface area contributed by atoms with Gasteiger partial charge >= 0.3 is 0 Å². The van der Waals surface area contributed by atoms with Gasteiger partial charge in [-0.1, -0.05) is 19.1 Å². The highest BCUT2D eigenvalue weighted by atomic mass is 16.5. The zero-order valence-corrected chi connectivity index (χ0v) is 10.2. The molecule has 0 atom stereocenters. The average molecular weight is 207 g/mol. The van der Waals surface area contributed by atoms with Gasteiger partial charge < -0.3 is 9.64 Å². The molecule has 0 aliphatic heterocycles. The van der Waals surface area contributed by atoms with Crippen molar-refractivity contribution in [2.24, 2.45) is 0 Å². The Kier molecular flexibility index (Phi) is 4.63. The van der Waals surface area contributed by atoms with Gasteiger partial charge in [-0.3, -0.25) is 0 Å². The van der Waals surface area contributed by atoms with Crippen LogP contribution in [-0.4, -0.2) is 32.6 Å². The van der Waals surface area contributed by atoms with Crippen molar-refractivity contribution in [2.75, 3.05) is 27.7 Å². The normalized spacial score (nSPS) is 10.7. The summed E-state index contributed by atoms with van der Waals surface area (Å²) in [7, 11) is 5.93. The molecule has 0 heterocycles. The maximum Gasteiger partial charge on any atom is 0.122 e. The van der Waals surface area contributed by atoms with E-state index in [0.29, 0.717) is 0 Å². The number of benzene rings is 1. The van der Waals surface area contributed by atoms with Gasteiger partial charge in [0.1, 0.15) is 5.75 Å². The molecule has 0 saturated carbocycles. The first kappa shape index (κ1) is 12.1. The van der Waals surface area contributed by atoms with Crippen LogP contribution in [0.1, 0.15) is 18.1 Å². The van der Waals surface area contributed by atoms with Crippen LogP contribution in [0, 0.1) is 0 Å². The molecule has 84 valence electrons. The van der Waals surface area contributed by atoms with Gasteiger partial charge in [-0.2, -0.15) is 0 Å². The average Bonchev–Trinajstić information content (AvgIpc) is 2.25. The van der Waals surface area contributed by atoms with Crippen LogP contribution in [0.5, 0.6) is 5.75 Å². The summed E-state index contributed by atoms with van der Waals surface area (Å²) >= 11 is 0. The maximum atomic E-state index is 5.31. The molecule has 0 unspecified atom stereocenters. The highest BCUT2D eigenvalue weighted by Crippen LogP contribution is 2.20. The van der Waals surface area contributed by atoms with Crippen molar-refractivity contribution in [1.29, 1.82) is 0 Å². The molecule has 0 N–H and O–H groups in total. The molecule has 0 fully saturated rings. The number of aryl methyl sites for hydroxylation is 1. The van der Waals surface area contributed by atoms with Gasteiger partial charge in [0.15, 0.2) is 0 Å². The number of ether oxygens (including phenoxy) is 1. The summed E-state index contributed by atoms with van der Waals surface area (Å²) in [6.45, 7) is 3.25. The summed E-state index contributed by atoms with van der Waals surface area (Å²) in [5.41, 5.74) is 2.69. The lowest BCUT2D eigenvalue weighted by molar-refractivity contribution is 0.407. The van der Waals surface area contributed by atoms with E-state index in [1.807, 2.05) is 0 Å². The first-order chi connectivity index (χ1) is 7.17. The Labute approximate surface area is 92.9 Å². The van der Waals surface area contributed by atoms with Gasteiger partial charge in [-0.05, 0) is 44.1 Å². The van der Waals surface area contributed by atoms with E-state index in [0.717, 1.165) is 25.1 Å². The number of likely N-dealkylation sites (N-methyl/N-ethyl adjacent to an activating group) is 1. The Balaban J connectivity index is 2.74. The van der Waals surface area contributed by atoms with Crippen LogP contribution in [0.2, 0.25) is 0 Å². The lowest BCUT2D eigenvalue weighted by Crippen LogP contribution is -2.15. The van der Waals surface area contributed by atoms with Crippen molar-refractivity contribution in [3.63, 3.8) is 0 Å². The Bertz CT molecular complexity index is 307. The lowest BCUT2D eigenvalue weighted by atomic mass is 10.1. The molecule has 0 aromatic heterocycles. The number of rotatable bonds is 5. The zero-order valence-electron chi connectivity index (χ0n) is 10.2. The molecule has 0 bridgehead atoms. The van der Waals surface area contributed by atoms with Gasteiger partial charge in [0.2, 0.25) is 0 Å². The van der Waals surface area contributed by atoms with E-state index < -0.39 is 0 Å². The van der Waals surface area contributed by atoms with Gasteiger partial charge in [-0.15, -0.1) is 0 Å². The monoisotopic (exact) mass is 207 g/mol. The number of nitrogens with zero attached hydrogens (tertiary/aromatic N) is 1. The molecule has 15 heavy (non-hydrogen) atoms. The minimum absolute atomic E-state index is 1.01. The van der Waals surface area contributed by atoms with Crippen molar-refractivity contribution in [3.8, 4) is 5.75 Å². The molecule has 1 aromatic rings. The van der Waals surface area contributed by atoms with Crippen LogP contribution in [0.15, 0.2) is 18.2 Å². The summed E-state index contributed by atoms with van der Waals surface area (Å²) in [6.07, 6.45) is 2.13. The highest BCUT2D eigenvalue weighted by molar-refractivity contribution is 5.37. The molecule has 2 heteroatoms. The van der Waals surface area contributed by atoms with E-state index in [1.165, 1.54) is 11.1 Å². The quantitative estimate of drug-likeness (QED) is 0.735. The second-order valence-electron chi connectivity index (χ2n) is 4.05. The molecule has 1 rings (SSSR count). The van der Waals surface area contributed by atoms with E-state index in [4.69, 9.17) is 4.74 Å². The number of hydrogen-bond acceptors (Lipinski definition) is 2. The summed E-state index contributed by atoms with van der Waals surface area (Å²) in [5, 5.41) is 0. The standard InChI is InChI=1S/C13H21NO/c1-5-12-10-11(8-9-14(2)3)6-7-13(12)15-4/h6-7,10H,5,8-9H2,1-4H3. The second kappa shape index (κ2) is 5.76. The number of methoxy groups -OCH3 is 1. The van der Waals surface area contributed by atoms with Crippen molar-refractivity contribution in [3.05, 3.63) is 29.3 Å². The largest absolute Gasteiger partial charge is 0.496 e. The highest BCUT2D eigenvalue weighted by Gasteiger charge is 2.02. The van der Waals surface area contributed by atoms with E-state index in [-0.39, 0.29) is 0 Å². The SMILES string of the molecule is CCc1cc(CCN(C)C)ccc1OC. The minimum Gasteiger partial charge on any atom is -0.496 e. The molecular formula is C13H21NO. The molecule has 1 aromatic carbocycles. The van der Waals surface area contributed by atoms with Crippen LogP contribution in [0.3, 0.4) is 0 Å². The van der Waals surface area contributed by atoms with Gasteiger partial charge in [-0.25, -0.2) is 0 Å². The van der Waals surface area contributed by atoms with Crippen molar-refractivity contribution in [2.45, 2.75) is 19.8 Å². The van der Waals surface area contributed by atoms with Crippen LogP contribution in [0.4, 0.5) is 0 Å². The fourth-order valence-electron chi connectivity index (χ4n) is 1.62. The van der Waals surface area contributed by atoms with Crippen LogP contribution < -0.4 is 4.74 Å². The fraction of sp³-hybridized carbons (Fsp3) is 0.538. The minimum atomic E-state index is 1.01. The predicted octanol–water partition coefficient (Wildman–Crippen LogP) is 2.36. The van der Waals surface area contributed by atoms with Crippen LogP contribution in [-0.2, 0) is 12.8 Å². The smallest absolute Gasteiger partial charge is 0.122 e. The van der Waals surface area contributed by atoms with Gasteiger partial charge in [0, 0.05) is 6.54 Å². The summed E-state index contributed by atoms with van der Waals surface area (Å²) in [4.78, 5) is 2.20. The summed E-state index contributed by atoms with van der Waals surface area (Å²) in [6, 6.07) is 6.48. The Hall–Kier alpha value is -1.02. The van der Waals surface area contributed by atoms with E-state index in [2.05, 4.69) is 44.1 Å². The zero-order chi connectivity index (χ0) is 11.3. The molecule has 0 aliphatic rings. The Morgan fingerprint density at radius 3 is 2.53 bits per heavy atom. The first-order valence-electron chi connectivity index (χ1n) is 5.48. The third-order valence-electron chi connectivity index (χ3n) is 2.57. The second-order valence-corrected chi connectivity index (χ2v) is 4.05. The fourth-order valence-corrected chi connectivity index (χ4v) is 1.62. The summed E-state index contributed by atoms with van der Waals surface area (Å²) in [5.74, 6) is 1.01. The topological polar surface area (TPSA) is 12.5 Å². The Morgan fingerprint density at radius 1 is 1.27 bits per heavy atom. The van der Waals surface area contributed by atoms with Crippen molar-refractivity contribution >= 4 is 0 Å². The van der Waals surface area contributed by atoms with Crippen molar-refractivity contribution < 1.29 is 4.74 Å². The van der Waals surface area contributed by atoms with E-state index in [9.17, 15) is 0 Å². The third-order valence-corrected chi connectivity index (χ3v) is 2.57. The van der Waals surface area contributed by atoms with Crippen LogP contribution in [0.25, 0.3) is 0 Å². The van der Waals surface area contributed by atoms with E-state index >= 15 is 0 Å². The molecule has 0 amide bonds. The molecule has 0 radical (unpaired) electrons. The van der Waals surface area contributed by atoms with Gasteiger partial charge in [0.05, 0.1) is 7.11 Å². The lowest BCUT2D eigenvalue weighted by Gasteiger charge is -2.12. The molecule has 0 aliphatic carbocycles. The first-order valence-corrected chi connectivity index (χ1v) is 5.48. The number of hydrogen-bond donors (Lipinski definition) is 0. The Morgan fingerprint density at radius 2 is 2.00 bits per heavy atom. The van der Waals surface area contributed by atoms with Gasteiger partial charge in [0.25, 0.3) is 0 Å². The third kappa shape index (κ3) is 3.56. The van der Waals surface area contributed by atoms with E-state index in [1.54, 1.807) is 7.11 Å². The van der Waals surface area contributed by atoms with Crippen LogP contribution >= 0.6 is 0 Å².